The Morgan fingerprint density at radius 3 is 1.49 bits per heavy atom. The van der Waals surface area contributed by atoms with Gasteiger partial charge >= 0.3 is 23.9 Å². The predicted molar refractivity (Wildman–Crippen MR) is 168 cm³/mol. The minimum Gasteiger partial charge on any atom is -0.480 e. The first-order valence-corrected chi connectivity index (χ1v) is 16.1. The second-order valence-electron chi connectivity index (χ2n) is 11.6. The van der Waals surface area contributed by atoms with E-state index in [1.807, 2.05) is 0 Å². The highest BCUT2D eigenvalue weighted by Crippen LogP contribution is 2.34. The predicted octanol–water partition coefficient (Wildman–Crippen LogP) is -3.00. The number of aliphatic carboxylic acids is 4. The molecule has 1 atom stereocenters. The molecule has 2 aliphatic heterocycles. The molecule has 264 valence electrons. The van der Waals surface area contributed by atoms with Crippen LogP contribution in [0.25, 0.3) is 0 Å². The number of amides is 3. The number of carbonyl (C=O) groups is 7. The van der Waals surface area contributed by atoms with Crippen LogP contribution in [0.1, 0.15) is 13.8 Å². The molecule has 7 N–H and O–H groups in total. The standard InChI is InChI=1S/C28H45N7O11S/c1-18(2)24-25(47-17-19(29)28(45)46)27(44)35(26(24)43)4-3-30-20(36)13-31-5-7-32(14-21(37)38)9-11-34(16-23(41)42)12-10-33(8-6-31)15-22(39)40/h18-19H,3-17,29H2,1-2H3,(H,30,36)(H,37,38)(H,39,40)(H,41,42)(H,45,46)/t19-/m0/s1. The van der Waals surface area contributed by atoms with Gasteiger partial charge in [-0.3, -0.25) is 58.1 Å². The number of hydrogen-bond donors (Lipinski definition) is 6. The summed E-state index contributed by atoms with van der Waals surface area (Å²) in [5.41, 5.74) is 5.82. The number of imide groups is 1. The molecule has 47 heavy (non-hydrogen) atoms. The van der Waals surface area contributed by atoms with Crippen molar-refractivity contribution in [3.05, 3.63) is 10.5 Å². The first kappa shape index (κ1) is 39.6. The third-order valence-electron chi connectivity index (χ3n) is 7.49. The molecule has 2 aliphatic rings. The Morgan fingerprint density at radius 1 is 0.723 bits per heavy atom. The summed E-state index contributed by atoms with van der Waals surface area (Å²) in [4.78, 5) is 92.3. The number of rotatable bonds is 16. The number of nitrogens with zero attached hydrogens (tertiary/aromatic N) is 5. The van der Waals surface area contributed by atoms with Crippen LogP contribution in [-0.4, -0.2) is 190 Å². The van der Waals surface area contributed by atoms with E-state index in [2.05, 4.69) is 5.32 Å². The average Bonchev–Trinajstić information content (AvgIpc) is 3.20. The van der Waals surface area contributed by atoms with E-state index >= 15 is 0 Å². The summed E-state index contributed by atoms with van der Waals surface area (Å²) in [7, 11) is 0. The number of nitrogens with one attached hydrogen (secondary N) is 1. The molecule has 18 nitrogen and oxygen atoms in total. The Kier molecular flexibility index (Phi) is 16.2. The number of carboxylic acids is 4. The molecule has 0 aromatic rings. The van der Waals surface area contributed by atoms with Gasteiger partial charge in [-0.25, -0.2) is 0 Å². The van der Waals surface area contributed by atoms with Crippen LogP contribution in [-0.2, 0) is 33.6 Å². The highest BCUT2D eigenvalue weighted by atomic mass is 32.2. The molecule has 19 heteroatoms. The van der Waals surface area contributed by atoms with E-state index in [1.165, 1.54) is 0 Å². The molecule has 1 saturated heterocycles. The van der Waals surface area contributed by atoms with Gasteiger partial charge in [-0.2, -0.15) is 0 Å². The molecule has 2 rings (SSSR count). The monoisotopic (exact) mass is 687 g/mol. The number of hydrogen-bond acceptors (Lipinski definition) is 13. The first-order valence-electron chi connectivity index (χ1n) is 15.1. The minimum absolute atomic E-state index is 0.0577. The molecule has 1 fully saturated rings. The maximum Gasteiger partial charge on any atom is 0.321 e. The van der Waals surface area contributed by atoms with Crippen LogP contribution < -0.4 is 11.1 Å². The Morgan fingerprint density at radius 2 is 1.13 bits per heavy atom. The van der Waals surface area contributed by atoms with Gasteiger partial charge in [0.2, 0.25) is 5.91 Å². The van der Waals surface area contributed by atoms with E-state index in [-0.39, 0.29) is 114 Å². The van der Waals surface area contributed by atoms with Crippen molar-refractivity contribution in [2.24, 2.45) is 11.7 Å². The van der Waals surface area contributed by atoms with Crippen LogP contribution in [0, 0.1) is 5.92 Å². The molecule has 0 aromatic heterocycles. The number of carboxylic acid groups (broad SMARTS) is 4. The second-order valence-corrected chi connectivity index (χ2v) is 12.6. The SMILES string of the molecule is CC(C)C1=C(SC[C@H](N)C(=O)O)C(=O)N(CCNC(=O)CN2CCN(CC(=O)O)CCN(CC(=O)O)CCN(CC(=O)O)CC2)C1=O. The van der Waals surface area contributed by atoms with E-state index in [1.54, 1.807) is 33.4 Å². The quantitative estimate of drug-likeness (QED) is 0.0884. The van der Waals surface area contributed by atoms with Gasteiger partial charge in [0.25, 0.3) is 11.8 Å². The average molecular weight is 688 g/mol. The Balaban J connectivity index is 2.05. The summed E-state index contributed by atoms with van der Waals surface area (Å²) in [5.74, 6) is -6.37. The van der Waals surface area contributed by atoms with Gasteiger partial charge in [0.05, 0.1) is 31.1 Å². The summed E-state index contributed by atoms with van der Waals surface area (Å²) in [6.45, 7) is 4.27. The lowest BCUT2D eigenvalue weighted by Gasteiger charge is -2.32. The van der Waals surface area contributed by atoms with Gasteiger partial charge in [0.1, 0.15) is 6.04 Å². The fourth-order valence-corrected chi connectivity index (χ4v) is 6.22. The van der Waals surface area contributed by atoms with Gasteiger partial charge in [0.15, 0.2) is 0 Å². The molecular weight excluding hydrogens is 642 g/mol. The molecular formula is C28H45N7O11S. The first-order chi connectivity index (χ1) is 22.1. The van der Waals surface area contributed by atoms with Crippen LogP contribution in [0.5, 0.6) is 0 Å². The Bertz CT molecular complexity index is 1180. The molecule has 0 spiro atoms. The molecule has 0 saturated carbocycles. The Hall–Kier alpha value is -3.62. The third-order valence-corrected chi connectivity index (χ3v) is 8.70. The highest BCUT2D eigenvalue weighted by molar-refractivity contribution is 8.04. The molecule has 0 bridgehead atoms. The van der Waals surface area contributed by atoms with Crippen molar-refractivity contribution in [3.63, 3.8) is 0 Å². The van der Waals surface area contributed by atoms with E-state index in [0.717, 1.165) is 16.7 Å². The van der Waals surface area contributed by atoms with Crippen LogP contribution in [0.2, 0.25) is 0 Å². The van der Waals surface area contributed by atoms with E-state index in [4.69, 9.17) is 10.8 Å². The fourth-order valence-electron chi connectivity index (χ4n) is 5.02. The lowest BCUT2D eigenvalue weighted by Crippen LogP contribution is -2.50. The maximum atomic E-state index is 13.1. The highest BCUT2D eigenvalue weighted by Gasteiger charge is 2.39. The van der Waals surface area contributed by atoms with Crippen molar-refractivity contribution in [3.8, 4) is 0 Å². The van der Waals surface area contributed by atoms with Crippen molar-refractivity contribution in [1.29, 1.82) is 0 Å². The van der Waals surface area contributed by atoms with Crippen LogP contribution in [0.3, 0.4) is 0 Å². The topological polar surface area (TPSA) is 255 Å². The van der Waals surface area contributed by atoms with Crippen LogP contribution >= 0.6 is 11.8 Å². The molecule has 0 aliphatic carbocycles. The van der Waals surface area contributed by atoms with Crippen LogP contribution in [0.15, 0.2) is 10.5 Å². The largest absolute Gasteiger partial charge is 0.480 e. The smallest absolute Gasteiger partial charge is 0.321 e. The van der Waals surface area contributed by atoms with Crippen molar-refractivity contribution in [2.45, 2.75) is 19.9 Å². The molecule has 0 radical (unpaired) electrons. The number of nitrogens with two attached hydrogens (primary N) is 1. The van der Waals surface area contributed by atoms with E-state index in [9.17, 15) is 48.9 Å². The van der Waals surface area contributed by atoms with Gasteiger partial charge < -0.3 is 31.5 Å². The van der Waals surface area contributed by atoms with Crippen molar-refractivity contribution in [2.75, 3.05) is 97.4 Å². The van der Waals surface area contributed by atoms with Gasteiger partial charge in [-0.15, -0.1) is 11.8 Å². The molecule has 0 aromatic carbocycles. The fraction of sp³-hybridized carbons (Fsp3) is 0.679. The van der Waals surface area contributed by atoms with Crippen molar-refractivity contribution in [1.82, 2.24) is 29.8 Å². The number of thioether (sulfide) groups is 1. The summed E-state index contributed by atoms with van der Waals surface area (Å²) in [6.07, 6.45) is 0. The molecule has 0 unspecified atom stereocenters. The summed E-state index contributed by atoms with van der Waals surface area (Å²) < 4.78 is 0. The Labute approximate surface area is 276 Å². The summed E-state index contributed by atoms with van der Waals surface area (Å²) >= 11 is 0.913. The number of carbonyl (C=O) groups excluding carboxylic acids is 3. The maximum absolute atomic E-state index is 13.1. The van der Waals surface area contributed by atoms with Crippen molar-refractivity contribution < 1.29 is 54.0 Å². The van der Waals surface area contributed by atoms with Crippen molar-refractivity contribution >= 4 is 53.4 Å². The lowest BCUT2D eigenvalue weighted by molar-refractivity contribution is -0.140. The zero-order valence-corrected chi connectivity index (χ0v) is 27.4. The minimum atomic E-state index is -1.23. The van der Waals surface area contributed by atoms with E-state index in [0.29, 0.717) is 0 Å². The van der Waals surface area contributed by atoms with Crippen LogP contribution in [0.4, 0.5) is 0 Å². The van der Waals surface area contributed by atoms with E-state index < -0.39 is 47.6 Å². The normalized spacial score (nSPS) is 19.0. The summed E-state index contributed by atoms with van der Waals surface area (Å²) in [6, 6.07) is -1.22. The van der Waals surface area contributed by atoms with Gasteiger partial charge in [-0.05, 0) is 5.92 Å². The zero-order chi connectivity index (χ0) is 35.3. The van der Waals surface area contributed by atoms with Gasteiger partial charge in [-0.1, -0.05) is 13.8 Å². The third kappa shape index (κ3) is 13.6. The lowest BCUT2D eigenvalue weighted by atomic mass is 10.0. The summed E-state index contributed by atoms with van der Waals surface area (Å²) in [5, 5.41) is 39.8. The molecule has 3 amide bonds. The zero-order valence-electron chi connectivity index (χ0n) is 26.6. The van der Waals surface area contributed by atoms with Gasteiger partial charge in [0, 0.05) is 76.8 Å². The second kappa shape index (κ2) is 19.3. The molecule has 2 heterocycles.